The molecular weight excluding hydrogens is 362 g/mol. The van der Waals surface area contributed by atoms with Crippen LogP contribution in [0.4, 0.5) is 4.39 Å². The van der Waals surface area contributed by atoms with Gasteiger partial charge in [-0.05, 0) is 48.4 Å². The van der Waals surface area contributed by atoms with Crippen molar-refractivity contribution >= 4 is 29.9 Å². The molecule has 3 nitrogen and oxygen atoms in total. The second-order valence-corrected chi connectivity index (χ2v) is 6.45. The molecule has 0 aromatic heterocycles. The summed E-state index contributed by atoms with van der Waals surface area (Å²) in [6.07, 6.45) is 0.975. The number of piperazine rings is 1. The largest absolute Gasteiger partial charge is 0.336 e. The molecule has 0 unspecified atom stereocenters. The number of hydrogen-bond donors (Lipinski definition) is 0. The molecule has 2 aromatic rings. The fourth-order valence-corrected chi connectivity index (χ4v) is 3.01. The van der Waals surface area contributed by atoms with Crippen molar-refractivity contribution in [3.8, 4) is 0 Å². The lowest BCUT2D eigenvalue weighted by Crippen LogP contribution is -2.49. The number of rotatable bonds is 4. The third kappa shape index (κ3) is 5.43. The third-order valence-corrected chi connectivity index (χ3v) is 4.63. The van der Waals surface area contributed by atoms with Crippen LogP contribution in [0, 0.1) is 5.82 Å². The van der Waals surface area contributed by atoms with Gasteiger partial charge in [-0.25, -0.2) is 4.39 Å². The molecule has 0 aliphatic carbocycles. The first kappa shape index (κ1) is 19.7. The van der Waals surface area contributed by atoms with Crippen LogP contribution in [-0.2, 0) is 6.42 Å². The minimum absolute atomic E-state index is 0. The number of amides is 1. The summed E-state index contributed by atoms with van der Waals surface area (Å²) in [5.74, 6) is -0.342. The van der Waals surface area contributed by atoms with Gasteiger partial charge in [-0.15, -0.1) is 12.4 Å². The second-order valence-electron chi connectivity index (χ2n) is 6.02. The predicted molar refractivity (Wildman–Crippen MR) is 101 cm³/mol. The highest BCUT2D eigenvalue weighted by molar-refractivity contribution is 6.30. The quantitative estimate of drug-likeness (QED) is 0.800. The Bertz CT molecular complexity index is 684. The van der Waals surface area contributed by atoms with E-state index in [1.807, 2.05) is 17.0 Å². The van der Waals surface area contributed by atoms with Gasteiger partial charge in [-0.1, -0.05) is 23.7 Å². The van der Waals surface area contributed by atoms with Crippen LogP contribution in [0.5, 0.6) is 0 Å². The van der Waals surface area contributed by atoms with E-state index in [4.69, 9.17) is 11.6 Å². The number of halogens is 3. The summed E-state index contributed by atoms with van der Waals surface area (Å²) in [7, 11) is 0. The van der Waals surface area contributed by atoms with E-state index in [1.54, 1.807) is 12.1 Å². The van der Waals surface area contributed by atoms with Crippen molar-refractivity contribution in [1.29, 1.82) is 0 Å². The van der Waals surface area contributed by atoms with Gasteiger partial charge in [0.15, 0.2) is 0 Å². The maximum Gasteiger partial charge on any atom is 0.253 e. The van der Waals surface area contributed by atoms with E-state index in [0.717, 1.165) is 31.1 Å². The van der Waals surface area contributed by atoms with E-state index in [-0.39, 0.29) is 24.1 Å². The number of carbonyl (C=O) groups is 1. The lowest BCUT2D eigenvalue weighted by Gasteiger charge is -2.34. The molecule has 0 atom stereocenters. The van der Waals surface area contributed by atoms with E-state index in [9.17, 15) is 9.18 Å². The summed E-state index contributed by atoms with van der Waals surface area (Å²) in [6, 6.07) is 13.7. The van der Waals surface area contributed by atoms with Gasteiger partial charge in [0.05, 0.1) is 0 Å². The summed E-state index contributed by atoms with van der Waals surface area (Å²) < 4.78 is 13.0. The van der Waals surface area contributed by atoms with Crippen LogP contribution >= 0.6 is 24.0 Å². The van der Waals surface area contributed by atoms with Crippen molar-refractivity contribution in [2.24, 2.45) is 0 Å². The van der Waals surface area contributed by atoms with E-state index in [0.29, 0.717) is 18.7 Å². The molecule has 0 spiro atoms. The zero-order valence-corrected chi connectivity index (χ0v) is 15.4. The highest BCUT2D eigenvalue weighted by atomic mass is 35.5. The Morgan fingerprint density at radius 3 is 2.16 bits per heavy atom. The first-order valence-electron chi connectivity index (χ1n) is 8.13. The Kier molecular flexibility index (Phi) is 7.24. The molecule has 1 aliphatic rings. The van der Waals surface area contributed by atoms with Gasteiger partial charge in [0.1, 0.15) is 5.82 Å². The number of hydrogen-bond acceptors (Lipinski definition) is 2. The number of carbonyl (C=O) groups excluding carboxylic acids is 1. The molecular formula is C19H21Cl2FN2O. The van der Waals surface area contributed by atoms with Crippen LogP contribution in [-0.4, -0.2) is 48.4 Å². The highest BCUT2D eigenvalue weighted by Crippen LogP contribution is 2.12. The first-order chi connectivity index (χ1) is 11.6. The van der Waals surface area contributed by atoms with E-state index in [1.165, 1.54) is 17.7 Å². The van der Waals surface area contributed by atoms with Crippen molar-refractivity contribution in [3.63, 3.8) is 0 Å². The van der Waals surface area contributed by atoms with Gasteiger partial charge < -0.3 is 4.90 Å². The second kappa shape index (κ2) is 9.18. The SMILES string of the molecule is Cl.O=C(c1ccc(F)cc1)N1CCN(CCc2ccc(Cl)cc2)CC1. The zero-order valence-electron chi connectivity index (χ0n) is 13.8. The first-order valence-corrected chi connectivity index (χ1v) is 8.51. The molecule has 1 saturated heterocycles. The fraction of sp³-hybridized carbons (Fsp3) is 0.316. The summed E-state index contributed by atoms with van der Waals surface area (Å²) in [5.41, 5.74) is 1.82. The van der Waals surface area contributed by atoms with Crippen molar-refractivity contribution in [2.75, 3.05) is 32.7 Å². The summed E-state index contributed by atoms with van der Waals surface area (Å²) in [6.45, 7) is 4.11. The molecule has 1 fully saturated rings. The van der Waals surface area contributed by atoms with Crippen LogP contribution in [0.25, 0.3) is 0 Å². The van der Waals surface area contributed by atoms with E-state index < -0.39 is 0 Å². The minimum atomic E-state index is -0.321. The maximum absolute atomic E-state index is 13.0. The Morgan fingerprint density at radius 1 is 0.960 bits per heavy atom. The van der Waals surface area contributed by atoms with Crippen LogP contribution < -0.4 is 0 Å². The molecule has 0 saturated carbocycles. The van der Waals surface area contributed by atoms with Crippen molar-refractivity contribution in [1.82, 2.24) is 9.80 Å². The monoisotopic (exact) mass is 382 g/mol. The summed E-state index contributed by atoms with van der Waals surface area (Å²) in [5, 5.41) is 0.756. The normalized spacial score (nSPS) is 14.9. The van der Waals surface area contributed by atoms with Gasteiger partial charge in [0, 0.05) is 43.3 Å². The molecule has 3 rings (SSSR count). The van der Waals surface area contributed by atoms with Gasteiger partial charge in [-0.2, -0.15) is 0 Å². The van der Waals surface area contributed by atoms with Crippen LogP contribution in [0.3, 0.4) is 0 Å². The third-order valence-electron chi connectivity index (χ3n) is 4.38. The Hall–Kier alpha value is -1.62. The summed E-state index contributed by atoms with van der Waals surface area (Å²) >= 11 is 5.90. The highest BCUT2D eigenvalue weighted by Gasteiger charge is 2.21. The number of benzene rings is 2. The van der Waals surface area contributed by atoms with Crippen LogP contribution in [0.2, 0.25) is 5.02 Å². The lowest BCUT2D eigenvalue weighted by molar-refractivity contribution is 0.0638. The molecule has 2 aromatic carbocycles. The maximum atomic E-state index is 13.0. The molecule has 134 valence electrons. The summed E-state index contributed by atoms with van der Waals surface area (Å²) in [4.78, 5) is 16.6. The average Bonchev–Trinajstić information content (AvgIpc) is 2.62. The molecule has 6 heteroatoms. The minimum Gasteiger partial charge on any atom is -0.336 e. The van der Waals surface area contributed by atoms with E-state index in [2.05, 4.69) is 17.0 Å². The predicted octanol–water partition coefficient (Wildman–Crippen LogP) is 3.90. The molecule has 1 aliphatic heterocycles. The van der Waals surface area contributed by atoms with Gasteiger partial charge in [0.25, 0.3) is 5.91 Å². The van der Waals surface area contributed by atoms with Gasteiger partial charge >= 0.3 is 0 Å². The van der Waals surface area contributed by atoms with Crippen LogP contribution in [0.15, 0.2) is 48.5 Å². The fourth-order valence-electron chi connectivity index (χ4n) is 2.89. The Morgan fingerprint density at radius 2 is 1.56 bits per heavy atom. The molecule has 0 bridgehead atoms. The van der Waals surface area contributed by atoms with Gasteiger partial charge in [0.2, 0.25) is 0 Å². The lowest BCUT2D eigenvalue weighted by atomic mass is 10.1. The van der Waals surface area contributed by atoms with Crippen LogP contribution in [0.1, 0.15) is 15.9 Å². The van der Waals surface area contributed by atoms with Crippen molar-refractivity contribution in [2.45, 2.75) is 6.42 Å². The molecule has 1 heterocycles. The van der Waals surface area contributed by atoms with Crippen molar-refractivity contribution < 1.29 is 9.18 Å². The molecule has 0 radical (unpaired) electrons. The van der Waals surface area contributed by atoms with Gasteiger partial charge in [-0.3, -0.25) is 9.69 Å². The molecule has 0 N–H and O–H groups in total. The standard InChI is InChI=1S/C19H20ClFN2O.ClH/c20-17-5-1-15(2-6-17)9-10-22-11-13-23(14-12-22)19(24)16-3-7-18(21)8-4-16;/h1-8H,9-14H2;1H. The smallest absolute Gasteiger partial charge is 0.253 e. The van der Waals surface area contributed by atoms with Crippen molar-refractivity contribution in [3.05, 3.63) is 70.5 Å². The number of nitrogens with zero attached hydrogens (tertiary/aromatic N) is 2. The Balaban J connectivity index is 0.00000225. The van der Waals surface area contributed by atoms with E-state index >= 15 is 0 Å². The zero-order chi connectivity index (χ0) is 16.9. The molecule has 1 amide bonds. The Labute approximate surface area is 158 Å². The topological polar surface area (TPSA) is 23.6 Å². The molecule has 25 heavy (non-hydrogen) atoms. The average molecular weight is 383 g/mol.